The van der Waals surface area contributed by atoms with Gasteiger partial charge in [0.25, 0.3) is 5.19 Å². The number of nitrogens with zero attached hydrogens (tertiary/aromatic N) is 6. The number of hydrogen-bond donors (Lipinski definition) is 0. The molecule has 4 aromatic heterocycles. The number of hydrogen-bond acceptors (Lipinski definition) is 11. The first-order valence-corrected chi connectivity index (χ1v) is 15.4. The van der Waals surface area contributed by atoms with E-state index in [1.165, 1.54) is 11.3 Å². The molecule has 4 aromatic rings. The van der Waals surface area contributed by atoms with Crippen molar-refractivity contribution >= 4 is 37.5 Å². The molecule has 1 aliphatic heterocycles. The van der Waals surface area contributed by atoms with Crippen LogP contribution in [-0.4, -0.2) is 58.0 Å². The van der Waals surface area contributed by atoms with Gasteiger partial charge in [0.05, 0.1) is 10.9 Å². The van der Waals surface area contributed by atoms with Crippen molar-refractivity contribution in [3.05, 3.63) is 36.3 Å². The lowest BCUT2D eigenvalue weighted by Gasteiger charge is -2.33. The predicted molar refractivity (Wildman–Crippen MR) is 144 cm³/mol. The molecule has 2 fully saturated rings. The van der Waals surface area contributed by atoms with E-state index >= 15 is 0 Å². The van der Waals surface area contributed by atoms with Gasteiger partial charge in [-0.25, -0.2) is 23.4 Å². The maximum absolute atomic E-state index is 12.4. The summed E-state index contributed by atoms with van der Waals surface area (Å²) in [6.45, 7) is 7.89. The molecule has 1 aliphatic carbocycles. The molecule has 1 saturated heterocycles. The second-order valence-corrected chi connectivity index (χ2v) is 13.5. The molecule has 0 unspecified atom stereocenters. The molecule has 38 heavy (non-hydrogen) atoms. The van der Waals surface area contributed by atoms with Crippen molar-refractivity contribution in [1.29, 1.82) is 0 Å². The van der Waals surface area contributed by atoms with Crippen LogP contribution in [0.2, 0.25) is 0 Å². The molecule has 0 radical (unpaired) electrons. The molecule has 1 atom stereocenters. The summed E-state index contributed by atoms with van der Waals surface area (Å²) in [7, 11) is -3.31. The van der Waals surface area contributed by atoms with E-state index < -0.39 is 9.84 Å². The highest BCUT2D eigenvalue weighted by atomic mass is 32.2. The van der Waals surface area contributed by atoms with Crippen LogP contribution in [0.15, 0.2) is 40.0 Å². The van der Waals surface area contributed by atoms with Gasteiger partial charge in [-0.1, -0.05) is 30.3 Å². The molecular weight excluding hydrogens is 524 g/mol. The number of anilines is 1. The van der Waals surface area contributed by atoms with Gasteiger partial charge in [-0.3, -0.25) is 0 Å². The van der Waals surface area contributed by atoms with E-state index in [-0.39, 0.29) is 22.3 Å². The normalized spacial score (nSPS) is 17.8. The van der Waals surface area contributed by atoms with Crippen LogP contribution in [0.3, 0.4) is 0 Å². The van der Waals surface area contributed by atoms with Gasteiger partial charge >= 0.3 is 6.01 Å². The molecule has 5 heterocycles. The summed E-state index contributed by atoms with van der Waals surface area (Å²) in [4.78, 5) is 21.0. The molecule has 0 spiro atoms. The Hall–Kier alpha value is -3.12. The van der Waals surface area contributed by atoms with Crippen LogP contribution >= 0.6 is 11.3 Å². The van der Waals surface area contributed by atoms with Crippen molar-refractivity contribution in [2.75, 3.05) is 18.0 Å². The molecule has 0 amide bonds. The zero-order valence-electron chi connectivity index (χ0n) is 21.6. The van der Waals surface area contributed by atoms with Crippen LogP contribution in [0.1, 0.15) is 58.2 Å². The molecule has 0 bridgehead atoms. The molecule has 2 aliphatic rings. The SMILES string of the molecule is CC(C)c1noc(N2CCC([C@@H](C)Oc3nc4ccc(-c5ccc(S(=O)(=O)C6CC6)nc5)nc4s3)CC2)n1. The lowest BCUT2D eigenvalue weighted by Crippen LogP contribution is -2.38. The summed E-state index contributed by atoms with van der Waals surface area (Å²) in [6, 6.07) is 7.73. The standard InChI is InChI=1S/C26H30N6O4S2/c1-15(2)23-30-25(36-31-23)32-12-10-17(11-13-32)16(3)35-26-29-21-8-7-20(28-24(21)37-26)18-4-9-22(27-14-18)38(33,34)19-5-6-19/h4,7-9,14-17,19H,5-6,10-13H2,1-3H3/t16-/m1/s1. The summed E-state index contributed by atoms with van der Waals surface area (Å²) >= 11 is 1.42. The van der Waals surface area contributed by atoms with Gasteiger partial charge < -0.3 is 14.2 Å². The quantitative estimate of drug-likeness (QED) is 0.298. The topological polar surface area (TPSA) is 124 Å². The van der Waals surface area contributed by atoms with Crippen molar-refractivity contribution in [3.63, 3.8) is 0 Å². The average Bonchev–Trinajstić information content (AvgIpc) is 3.53. The number of aromatic nitrogens is 5. The zero-order valence-corrected chi connectivity index (χ0v) is 23.2. The van der Waals surface area contributed by atoms with Gasteiger partial charge in [0.15, 0.2) is 20.7 Å². The van der Waals surface area contributed by atoms with E-state index in [1.807, 2.05) is 12.1 Å². The Morgan fingerprint density at radius 1 is 1.03 bits per heavy atom. The van der Waals surface area contributed by atoms with Crippen LogP contribution in [0, 0.1) is 5.92 Å². The van der Waals surface area contributed by atoms with E-state index in [2.05, 4.69) is 45.8 Å². The smallest absolute Gasteiger partial charge is 0.324 e. The summed E-state index contributed by atoms with van der Waals surface area (Å²) in [5.41, 5.74) is 2.26. The summed E-state index contributed by atoms with van der Waals surface area (Å²) in [6.07, 6.45) is 4.96. The van der Waals surface area contributed by atoms with Gasteiger partial charge in [0.1, 0.15) is 16.5 Å². The minimum atomic E-state index is -3.31. The van der Waals surface area contributed by atoms with Crippen LogP contribution < -0.4 is 9.64 Å². The molecule has 12 heteroatoms. The Bertz CT molecular complexity index is 1540. The number of sulfone groups is 1. The summed E-state index contributed by atoms with van der Waals surface area (Å²) in [5.74, 6) is 1.37. The molecule has 6 rings (SSSR count). The number of rotatable bonds is 8. The van der Waals surface area contributed by atoms with Crippen molar-refractivity contribution in [2.45, 2.75) is 68.8 Å². The lowest BCUT2D eigenvalue weighted by molar-refractivity contribution is 0.131. The highest BCUT2D eigenvalue weighted by molar-refractivity contribution is 7.92. The maximum Gasteiger partial charge on any atom is 0.324 e. The maximum atomic E-state index is 12.4. The fourth-order valence-corrected chi connectivity index (χ4v) is 7.09. The molecule has 0 aromatic carbocycles. The number of pyridine rings is 2. The number of ether oxygens (including phenoxy) is 1. The van der Waals surface area contributed by atoms with Crippen molar-refractivity contribution in [3.8, 4) is 16.5 Å². The second-order valence-electron chi connectivity index (χ2n) is 10.4. The highest BCUT2D eigenvalue weighted by Crippen LogP contribution is 2.34. The number of fused-ring (bicyclic) bond motifs is 1. The largest absolute Gasteiger partial charge is 0.467 e. The zero-order chi connectivity index (χ0) is 26.4. The van der Waals surface area contributed by atoms with Gasteiger partial charge in [-0.2, -0.15) is 4.98 Å². The lowest BCUT2D eigenvalue weighted by atomic mass is 9.92. The minimum absolute atomic E-state index is 0.0104. The first-order chi connectivity index (χ1) is 18.3. The highest BCUT2D eigenvalue weighted by Gasteiger charge is 2.37. The Kier molecular flexibility index (Phi) is 6.55. The van der Waals surface area contributed by atoms with Crippen LogP contribution in [0.5, 0.6) is 5.19 Å². The van der Waals surface area contributed by atoms with E-state index in [1.54, 1.807) is 18.3 Å². The Balaban J connectivity index is 1.09. The van der Waals surface area contributed by atoms with Crippen molar-refractivity contribution < 1.29 is 17.7 Å². The third-order valence-electron chi connectivity index (χ3n) is 7.23. The van der Waals surface area contributed by atoms with Crippen LogP contribution in [0.25, 0.3) is 21.6 Å². The van der Waals surface area contributed by atoms with E-state index in [9.17, 15) is 8.42 Å². The third kappa shape index (κ3) is 4.98. The predicted octanol–water partition coefficient (Wildman–Crippen LogP) is 4.88. The molecule has 0 N–H and O–H groups in total. The van der Waals surface area contributed by atoms with Crippen LogP contribution in [0.4, 0.5) is 6.01 Å². The van der Waals surface area contributed by atoms with Gasteiger partial charge in [-0.05, 0) is 62.8 Å². The Labute approximate surface area is 225 Å². The van der Waals surface area contributed by atoms with Gasteiger partial charge in [-0.15, -0.1) is 0 Å². The van der Waals surface area contributed by atoms with Crippen molar-refractivity contribution in [2.24, 2.45) is 5.92 Å². The first-order valence-electron chi connectivity index (χ1n) is 13.0. The minimum Gasteiger partial charge on any atom is -0.467 e. The first kappa shape index (κ1) is 25.2. The molecular formula is C26H30N6O4S2. The molecule has 1 saturated carbocycles. The summed E-state index contributed by atoms with van der Waals surface area (Å²) in [5, 5.41) is 4.54. The Morgan fingerprint density at radius 3 is 2.47 bits per heavy atom. The van der Waals surface area contributed by atoms with Gasteiger partial charge in [0, 0.05) is 30.8 Å². The fraction of sp³-hybridized carbons (Fsp3) is 0.500. The fourth-order valence-electron chi connectivity index (χ4n) is 4.66. The third-order valence-corrected chi connectivity index (χ3v) is 10.3. The summed E-state index contributed by atoms with van der Waals surface area (Å²) < 4.78 is 36.5. The monoisotopic (exact) mass is 554 g/mol. The average molecular weight is 555 g/mol. The van der Waals surface area contributed by atoms with E-state index in [4.69, 9.17) is 14.2 Å². The van der Waals surface area contributed by atoms with Crippen LogP contribution in [-0.2, 0) is 9.84 Å². The molecule has 200 valence electrons. The van der Waals surface area contributed by atoms with Crippen molar-refractivity contribution in [1.82, 2.24) is 25.1 Å². The van der Waals surface area contributed by atoms with E-state index in [0.717, 1.165) is 66.2 Å². The van der Waals surface area contributed by atoms with Gasteiger partial charge in [0.2, 0.25) is 0 Å². The Morgan fingerprint density at radius 2 is 1.82 bits per heavy atom. The van der Waals surface area contributed by atoms with E-state index in [0.29, 0.717) is 17.1 Å². The molecule has 10 nitrogen and oxygen atoms in total. The second kappa shape index (κ2) is 9.88. The number of thiazole rings is 1. The number of piperidine rings is 1.